The highest BCUT2D eigenvalue weighted by molar-refractivity contribution is 5.96. The lowest BCUT2D eigenvalue weighted by molar-refractivity contribution is 0.0157. The molecular weight excluding hydrogens is 358 g/mol. The van der Waals surface area contributed by atoms with Crippen LogP contribution in [0.5, 0.6) is 5.75 Å². The predicted molar refractivity (Wildman–Crippen MR) is 106 cm³/mol. The number of nitrogens with one attached hydrogen (secondary N) is 1. The highest BCUT2D eigenvalue weighted by Crippen LogP contribution is 2.30. The first-order valence-corrected chi connectivity index (χ1v) is 9.72. The van der Waals surface area contributed by atoms with Gasteiger partial charge in [0.1, 0.15) is 11.3 Å². The van der Waals surface area contributed by atoms with Crippen LogP contribution in [0.2, 0.25) is 0 Å². The normalized spacial score (nSPS) is 16.2. The number of carbonyl (C=O) groups is 1. The summed E-state index contributed by atoms with van der Waals surface area (Å²) in [6.45, 7) is 9.21. The van der Waals surface area contributed by atoms with Crippen molar-refractivity contribution in [2.75, 3.05) is 40.0 Å². The Bertz CT molecular complexity index is 797. The van der Waals surface area contributed by atoms with Crippen molar-refractivity contribution >= 4 is 5.91 Å². The Balaban J connectivity index is 1.82. The number of para-hydroxylation sites is 1. The number of hydrogen-bond acceptors (Lipinski definition) is 6. The van der Waals surface area contributed by atoms with Crippen molar-refractivity contribution in [3.05, 3.63) is 46.8 Å². The van der Waals surface area contributed by atoms with E-state index in [0.29, 0.717) is 36.8 Å². The molecule has 1 saturated heterocycles. The molecule has 1 fully saturated rings. The number of benzene rings is 1. The average molecular weight is 387 g/mol. The minimum atomic E-state index is -0.157. The third-order valence-electron chi connectivity index (χ3n) is 5.08. The second kappa shape index (κ2) is 9.21. The molecule has 0 radical (unpaired) electrons. The van der Waals surface area contributed by atoms with Crippen molar-refractivity contribution in [2.24, 2.45) is 0 Å². The molecule has 2 aromatic rings. The van der Waals surface area contributed by atoms with E-state index < -0.39 is 0 Å². The first kappa shape index (κ1) is 20.4. The molecule has 1 atom stereocenters. The van der Waals surface area contributed by atoms with E-state index in [0.717, 1.165) is 24.4 Å². The zero-order valence-corrected chi connectivity index (χ0v) is 17.0. The van der Waals surface area contributed by atoms with E-state index in [4.69, 9.17) is 14.0 Å². The molecule has 152 valence electrons. The zero-order valence-electron chi connectivity index (χ0n) is 17.0. The lowest BCUT2D eigenvalue weighted by Gasteiger charge is -2.35. The second-order valence-corrected chi connectivity index (χ2v) is 7.28. The first-order valence-electron chi connectivity index (χ1n) is 9.72. The number of amides is 1. The van der Waals surface area contributed by atoms with Crippen molar-refractivity contribution in [1.82, 2.24) is 15.4 Å². The first-order chi connectivity index (χ1) is 13.5. The summed E-state index contributed by atoms with van der Waals surface area (Å²) in [5.41, 5.74) is 2.20. The van der Waals surface area contributed by atoms with Gasteiger partial charge < -0.3 is 19.3 Å². The summed E-state index contributed by atoms with van der Waals surface area (Å²) < 4.78 is 16.4. The van der Waals surface area contributed by atoms with Crippen LogP contribution in [0.4, 0.5) is 0 Å². The maximum absolute atomic E-state index is 12.9. The number of carbonyl (C=O) groups excluding carboxylic acids is 1. The number of aryl methyl sites for hydroxylation is 1. The van der Waals surface area contributed by atoms with E-state index in [1.165, 1.54) is 0 Å². The summed E-state index contributed by atoms with van der Waals surface area (Å²) in [5.74, 6) is 1.37. The van der Waals surface area contributed by atoms with Gasteiger partial charge >= 0.3 is 0 Å². The predicted octanol–water partition coefficient (Wildman–Crippen LogP) is 2.92. The van der Waals surface area contributed by atoms with E-state index in [-0.39, 0.29) is 17.9 Å². The molecule has 2 heterocycles. The second-order valence-electron chi connectivity index (χ2n) is 7.28. The molecule has 1 N–H and O–H groups in total. The van der Waals surface area contributed by atoms with Crippen LogP contribution in [0.3, 0.4) is 0 Å². The van der Waals surface area contributed by atoms with Crippen LogP contribution in [-0.2, 0) is 4.74 Å². The lowest BCUT2D eigenvalue weighted by atomic mass is 10.0. The zero-order chi connectivity index (χ0) is 20.1. The Labute approximate surface area is 166 Å². The largest absolute Gasteiger partial charge is 0.496 e. The molecule has 1 aromatic heterocycles. The minimum absolute atomic E-state index is 0.00772. The molecule has 0 saturated carbocycles. The minimum Gasteiger partial charge on any atom is -0.496 e. The van der Waals surface area contributed by atoms with Gasteiger partial charge in [-0.15, -0.1) is 0 Å². The van der Waals surface area contributed by atoms with Crippen LogP contribution in [-0.4, -0.2) is 55.9 Å². The SMILES string of the molecule is COc1ccccc1C(CNC(=O)c1c(C)noc1C(C)C)N1CCOCC1. The summed E-state index contributed by atoms with van der Waals surface area (Å²) in [6.07, 6.45) is 0. The summed E-state index contributed by atoms with van der Waals surface area (Å²) >= 11 is 0. The average Bonchev–Trinajstić information content (AvgIpc) is 3.11. The van der Waals surface area contributed by atoms with Gasteiger partial charge in [0, 0.05) is 31.1 Å². The molecule has 28 heavy (non-hydrogen) atoms. The number of rotatable bonds is 7. The highest BCUT2D eigenvalue weighted by atomic mass is 16.5. The number of ether oxygens (including phenoxy) is 2. The molecular formula is C21H29N3O4. The van der Waals surface area contributed by atoms with Crippen LogP contribution >= 0.6 is 0 Å². The van der Waals surface area contributed by atoms with E-state index >= 15 is 0 Å². The van der Waals surface area contributed by atoms with Gasteiger partial charge in [-0.05, 0) is 13.0 Å². The van der Waals surface area contributed by atoms with Crippen LogP contribution < -0.4 is 10.1 Å². The highest BCUT2D eigenvalue weighted by Gasteiger charge is 2.28. The van der Waals surface area contributed by atoms with Gasteiger partial charge in [0.2, 0.25) is 0 Å². The quantitative estimate of drug-likeness (QED) is 0.787. The molecule has 7 heteroatoms. The number of morpholine rings is 1. The fourth-order valence-corrected chi connectivity index (χ4v) is 3.60. The van der Waals surface area contributed by atoms with Gasteiger partial charge in [-0.3, -0.25) is 9.69 Å². The topological polar surface area (TPSA) is 76.8 Å². The number of nitrogens with zero attached hydrogens (tertiary/aromatic N) is 2. The van der Waals surface area contributed by atoms with E-state index in [2.05, 4.69) is 21.4 Å². The van der Waals surface area contributed by atoms with Gasteiger partial charge in [0.05, 0.1) is 32.1 Å². The molecule has 1 unspecified atom stereocenters. The molecule has 1 amide bonds. The standard InChI is InChI=1S/C21H29N3O4/c1-14(2)20-19(15(3)23-28-20)21(25)22-13-17(24-9-11-27-12-10-24)16-7-5-6-8-18(16)26-4/h5-8,14,17H,9-13H2,1-4H3,(H,22,25). The lowest BCUT2D eigenvalue weighted by Crippen LogP contribution is -2.44. The molecule has 3 rings (SSSR count). The molecule has 1 aromatic carbocycles. The van der Waals surface area contributed by atoms with Crippen LogP contribution in [0, 0.1) is 6.92 Å². The van der Waals surface area contributed by atoms with Crippen LogP contribution in [0.15, 0.2) is 28.8 Å². The summed E-state index contributed by atoms with van der Waals surface area (Å²) in [7, 11) is 1.67. The molecule has 1 aliphatic rings. The maximum Gasteiger partial charge on any atom is 0.256 e. The Kier molecular flexibility index (Phi) is 6.70. The summed E-state index contributed by atoms with van der Waals surface area (Å²) in [4.78, 5) is 15.3. The number of methoxy groups -OCH3 is 1. The molecule has 0 bridgehead atoms. The summed E-state index contributed by atoms with van der Waals surface area (Å²) in [6, 6.07) is 7.94. The fraction of sp³-hybridized carbons (Fsp3) is 0.524. The fourth-order valence-electron chi connectivity index (χ4n) is 3.60. The smallest absolute Gasteiger partial charge is 0.256 e. The van der Waals surface area contributed by atoms with Crippen molar-refractivity contribution < 1.29 is 18.8 Å². The Hall–Kier alpha value is -2.38. The van der Waals surface area contributed by atoms with E-state index in [9.17, 15) is 4.79 Å². The van der Waals surface area contributed by atoms with Gasteiger partial charge in [0.25, 0.3) is 5.91 Å². The van der Waals surface area contributed by atoms with Gasteiger partial charge in [0.15, 0.2) is 5.76 Å². The molecule has 0 spiro atoms. The van der Waals surface area contributed by atoms with Crippen LogP contribution in [0.1, 0.15) is 53.2 Å². The third-order valence-corrected chi connectivity index (χ3v) is 5.08. The van der Waals surface area contributed by atoms with E-state index in [1.807, 2.05) is 32.0 Å². The van der Waals surface area contributed by atoms with Crippen molar-refractivity contribution in [1.29, 1.82) is 0 Å². The monoisotopic (exact) mass is 387 g/mol. The molecule has 7 nitrogen and oxygen atoms in total. The Morgan fingerprint density at radius 1 is 1.29 bits per heavy atom. The Morgan fingerprint density at radius 2 is 2.00 bits per heavy atom. The van der Waals surface area contributed by atoms with E-state index in [1.54, 1.807) is 14.0 Å². The summed E-state index contributed by atoms with van der Waals surface area (Å²) in [5, 5.41) is 7.07. The van der Waals surface area contributed by atoms with Crippen molar-refractivity contribution in [3.63, 3.8) is 0 Å². The maximum atomic E-state index is 12.9. The van der Waals surface area contributed by atoms with Gasteiger partial charge in [-0.1, -0.05) is 37.2 Å². The molecule has 1 aliphatic heterocycles. The third kappa shape index (κ3) is 4.36. The van der Waals surface area contributed by atoms with Crippen molar-refractivity contribution in [3.8, 4) is 5.75 Å². The van der Waals surface area contributed by atoms with Gasteiger partial charge in [-0.2, -0.15) is 0 Å². The Morgan fingerprint density at radius 3 is 2.68 bits per heavy atom. The molecule has 0 aliphatic carbocycles. The van der Waals surface area contributed by atoms with Crippen LogP contribution in [0.25, 0.3) is 0 Å². The van der Waals surface area contributed by atoms with Crippen molar-refractivity contribution in [2.45, 2.75) is 32.7 Å². The number of hydrogen-bond donors (Lipinski definition) is 1. The van der Waals surface area contributed by atoms with Gasteiger partial charge in [-0.25, -0.2) is 0 Å². The number of aromatic nitrogens is 1.